The molecule has 0 aliphatic carbocycles. The molecule has 0 saturated heterocycles. The van der Waals surface area contributed by atoms with Crippen molar-refractivity contribution in [2.24, 2.45) is 0 Å². The molecule has 5 nitrogen and oxygen atoms in total. The van der Waals surface area contributed by atoms with Gasteiger partial charge in [-0.05, 0) is 57.5 Å². The Labute approximate surface area is 153 Å². The van der Waals surface area contributed by atoms with Gasteiger partial charge in [-0.25, -0.2) is 0 Å². The number of pyridine rings is 1. The van der Waals surface area contributed by atoms with Gasteiger partial charge in [0.1, 0.15) is 0 Å². The van der Waals surface area contributed by atoms with Crippen LogP contribution in [0.4, 0.5) is 0 Å². The normalized spacial score (nSPS) is 12.5. The van der Waals surface area contributed by atoms with E-state index in [2.05, 4.69) is 34.8 Å². The fourth-order valence-electron chi connectivity index (χ4n) is 3.04. The average Bonchev–Trinajstić information content (AvgIpc) is 3.05. The molecule has 1 aromatic carbocycles. The molecule has 1 atom stereocenters. The lowest BCUT2D eigenvalue weighted by atomic mass is 10.0. The Bertz CT molecular complexity index is 926. The van der Waals surface area contributed by atoms with Crippen LogP contribution in [0.25, 0.3) is 22.2 Å². The van der Waals surface area contributed by atoms with Crippen molar-refractivity contribution in [2.75, 3.05) is 6.61 Å². The second kappa shape index (κ2) is 7.30. The van der Waals surface area contributed by atoms with Gasteiger partial charge in [-0.15, -0.1) is 0 Å². The first kappa shape index (κ1) is 18.1. The van der Waals surface area contributed by atoms with Gasteiger partial charge in [-0.2, -0.15) is 0 Å². The van der Waals surface area contributed by atoms with Crippen molar-refractivity contribution in [3.63, 3.8) is 0 Å². The summed E-state index contributed by atoms with van der Waals surface area (Å²) in [4.78, 5) is 17.2. The smallest absolute Gasteiger partial charge is 0.251 e. The summed E-state index contributed by atoms with van der Waals surface area (Å²) in [5.41, 5.74) is 4.43. The molecule has 0 aliphatic heterocycles. The number of aliphatic hydroxyl groups excluding tert-OH is 1. The first-order valence-electron chi connectivity index (χ1n) is 8.90. The number of benzene rings is 1. The third-order valence-corrected chi connectivity index (χ3v) is 4.50. The maximum absolute atomic E-state index is 12.6. The summed E-state index contributed by atoms with van der Waals surface area (Å²) in [5.74, 6) is -0.196. The van der Waals surface area contributed by atoms with Crippen LogP contribution >= 0.6 is 0 Å². The van der Waals surface area contributed by atoms with Crippen molar-refractivity contribution in [2.45, 2.75) is 39.8 Å². The topological polar surface area (TPSA) is 67.2 Å². The highest BCUT2D eigenvalue weighted by Crippen LogP contribution is 2.31. The molecule has 0 aliphatic rings. The predicted molar refractivity (Wildman–Crippen MR) is 104 cm³/mol. The first-order chi connectivity index (χ1) is 12.4. The van der Waals surface area contributed by atoms with Crippen LogP contribution in [0.3, 0.4) is 0 Å². The quantitative estimate of drug-likeness (QED) is 0.736. The van der Waals surface area contributed by atoms with Gasteiger partial charge in [-0.1, -0.05) is 6.07 Å². The predicted octanol–water partition coefficient (Wildman–Crippen LogP) is 3.70. The zero-order valence-corrected chi connectivity index (χ0v) is 15.7. The summed E-state index contributed by atoms with van der Waals surface area (Å²) in [6, 6.07) is 9.85. The van der Waals surface area contributed by atoms with Crippen LogP contribution in [0.1, 0.15) is 42.7 Å². The number of fused-ring (bicyclic) bond motifs is 1. The van der Waals surface area contributed by atoms with Crippen molar-refractivity contribution in [1.29, 1.82) is 0 Å². The van der Waals surface area contributed by atoms with E-state index < -0.39 is 0 Å². The number of rotatable bonds is 5. The monoisotopic (exact) mass is 351 g/mol. The molecular formula is C21H25N3O2. The Morgan fingerprint density at radius 3 is 2.62 bits per heavy atom. The van der Waals surface area contributed by atoms with Gasteiger partial charge < -0.3 is 15.0 Å². The highest BCUT2D eigenvalue weighted by Gasteiger charge is 2.17. The van der Waals surface area contributed by atoms with Crippen LogP contribution in [0.2, 0.25) is 0 Å². The van der Waals surface area contributed by atoms with E-state index in [0.29, 0.717) is 5.56 Å². The van der Waals surface area contributed by atoms with Gasteiger partial charge in [0, 0.05) is 46.5 Å². The highest BCUT2D eigenvalue weighted by atomic mass is 16.3. The molecule has 5 heteroatoms. The third-order valence-electron chi connectivity index (χ3n) is 4.50. The fourth-order valence-corrected chi connectivity index (χ4v) is 3.04. The van der Waals surface area contributed by atoms with Gasteiger partial charge in [0.2, 0.25) is 0 Å². The van der Waals surface area contributed by atoms with Crippen LogP contribution in [-0.2, 0) is 0 Å². The maximum Gasteiger partial charge on any atom is 0.251 e. The maximum atomic E-state index is 12.6. The zero-order valence-electron chi connectivity index (χ0n) is 15.7. The molecule has 1 unspecified atom stereocenters. The largest absolute Gasteiger partial charge is 0.394 e. The molecule has 136 valence electrons. The van der Waals surface area contributed by atoms with E-state index in [1.807, 2.05) is 43.6 Å². The Hall–Kier alpha value is -2.66. The number of aryl methyl sites for hydroxylation is 1. The lowest BCUT2D eigenvalue weighted by Crippen LogP contribution is -2.35. The molecule has 0 spiro atoms. The van der Waals surface area contributed by atoms with Gasteiger partial charge >= 0.3 is 0 Å². The van der Waals surface area contributed by atoms with E-state index in [9.17, 15) is 9.90 Å². The minimum Gasteiger partial charge on any atom is -0.394 e. The molecule has 0 bridgehead atoms. The van der Waals surface area contributed by atoms with Crippen LogP contribution in [-0.4, -0.2) is 33.2 Å². The summed E-state index contributed by atoms with van der Waals surface area (Å²) in [6.45, 7) is 7.91. The average molecular weight is 351 g/mol. The summed E-state index contributed by atoms with van der Waals surface area (Å²) < 4.78 is 2.15. The molecule has 2 aromatic heterocycles. The number of nitrogens with one attached hydrogen (secondary N) is 1. The molecule has 26 heavy (non-hydrogen) atoms. The fraction of sp³-hybridized carbons (Fsp3) is 0.333. The third kappa shape index (κ3) is 3.48. The Morgan fingerprint density at radius 2 is 2.00 bits per heavy atom. The summed E-state index contributed by atoms with van der Waals surface area (Å²) in [7, 11) is 0. The molecule has 0 fully saturated rings. The lowest BCUT2D eigenvalue weighted by molar-refractivity contribution is 0.0922. The van der Waals surface area contributed by atoms with Gasteiger partial charge in [0.15, 0.2) is 0 Å². The van der Waals surface area contributed by atoms with Crippen molar-refractivity contribution in [1.82, 2.24) is 14.9 Å². The first-order valence-corrected chi connectivity index (χ1v) is 8.90. The number of carbonyl (C=O) groups excluding carboxylic acids is 1. The number of aliphatic hydroxyl groups is 1. The lowest BCUT2D eigenvalue weighted by Gasteiger charge is -2.15. The minimum absolute atomic E-state index is 0.0945. The standard InChI is InChI=1S/C21H25N3O2/c1-13(2)24-8-7-17-18(19-6-5-14(3)11-22-19)9-16(10-20(17)24)21(26)23-15(4)12-25/h5-11,13,15,25H,12H2,1-4H3,(H,23,26). The summed E-state index contributed by atoms with van der Waals surface area (Å²) in [5, 5.41) is 13.1. The molecule has 3 rings (SSSR count). The number of hydrogen-bond donors (Lipinski definition) is 2. The van der Waals surface area contributed by atoms with Crippen molar-refractivity contribution in [3.8, 4) is 11.3 Å². The number of aromatic nitrogens is 2. The zero-order chi connectivity index (χ0) is 18.8. The number of nitrogens with zero attached hydrogens (tertiary/aromatic N) is 2. The Morgan fingerprint density at radius 1 is 1.23 bits per heavy atom. The van der Waals surface area contributed by atoms with E-state index in [1.165, 1.54) is 0 Å². The molecule has 0 radical (unpaired) electrons. The van der Waals surface area contributed by atoms with Crippen LogP contribution < -0.4 is 5.32 Å². The van der Waals surface area contributed by atoms with E-state index >= 15 is 0 Å². The summed E-state index contributed by atoms with van der Waals surface area (Å²) >= 11 is 0. The van der Waals surface area contributed by atoms with E-state index in [1.54, 1.807) is 6.92 Å². The van der Waals surface area contributed by atoms with E-state index in [4.69, 9.17) is 0 Å². The SMILES string of the molecule is Cc1ccc(-c2cc(C(=O)NC(C)CO)cc3c2ccn3C(C)C)nc1. The molecule has 1 amide bonds. The molecule has 2 heterocycles. The van der Waals surface area contributed by atoms with Crippen molar-refractivity contribution >= 4 is 16.8 Å². The summed E-state index contributed by atoms with van der Waals surface area (Å²) in [6.07, 6.45) is 3.88. The second-order valence-corrected chi connectivity index (χ2v) is 7.05. The second-order valence-electron chi connectivity index (χ2n) is 7.05. The van der Waals surface area contributed by atoms with Gasteiger partial charge in [0.25, 0.3) is 5.91 Å². The van der Waals surface area contributed by atoms with Gasteiger partial charge in [0.05, 0.1) is 12.3 Å². The van der Waals surface area contributed by atoms with E-state index in [-0.39, 0.29) is 24.6 Å². The molecule has 0 saturated carbocycles. The van der Waals surface area contributed by atoms with Crippen LogP contribution in [0.15, 0.2) is 42.7 Å². The van der Waals surface area contributed by atoms with Crippen LogP contribution in [0, 0.1) is 6.92 Å². The Balaban J connectivity index is 2.18. The molecular weight excluding hydrogens is 326 g/mol. The number of amides is 1. The molecule has 2 N–H and O–H groups in total. The number of hydrogen-bond acceptors (Lipinski definition) is 3. The molecule has 3 aromatic rings. The minimum atomic E-state index is -0.295. The van der Waals surface area contributed by atoms with Crippen molar-refractivity contribution < 1.29 is 9.90 Å². The van der Waals surface area contributed by atoms with E-state index in [0.717, 1.165) is 27.7 Å². The van der Waals surface area contributed by atoms with Gasteiger partial charge in [-0.3, -0.25) is 9.78 Å². The van der Waals surface area contributed by atoms with Crippen LogP contribution in [0.5, 0.6) is 0 Å². The highest BCUT2D eigenvalue weighted by molar-refractivity contribution is 6.03. The van der Waals surface area contributed by atoms with Crippen molar-refractivity contribution in [3.05, 3.63) is 53.9 Å². The Kier molecular flexibility index (Phi) is 5.09. The number of carbonyl (C=O) groups is 1.